The molecule has 2 fully saturated rings. The van der Waals surface area contributed by atoms with Gasteiger partial charge in [0.25, 0.3) is 0 Å². The van der Waals surface area contributed by atoms with Crippen LogP contribution in [-0.4, -0.2) is 52.4 Å². The summed E-state index contributed by atoms with van der Waals surface area (Å²) >= 11 is 1.53. The number of halogens is 3. The normalized spacial score (nSPS) is 21.0. The predicted octanol–water partition coefficient (Wildman–Crippen LogP) is 3.24. The number of hydrogen-bond donors (Lipinski definition) is 0. The minimum absolute atomic E-state index is 0.0104. The lowest BCUT2D eigenvalue weighted by molar-refractivity contribution is -0.140. The van der Waals surface area contributed by atoms with Gasteiger partial charge in [0.2, 0.25) is 11.8 Å². The molecule has 8 heteroatoms. The first-order valence-electron chi connectivity index (χ1n) is 8.39. The van der Waals surface area contributed by atoms with Crippen molar-refractivity contribution in [1.82, 2.24) is 9.80 Å². The molecule has 4 nitrogen and oxygen atoms in total. The lowest BCUT2D eigenvalue weighted by atomic mass is 10.1. The van der Waals surface area contributed by atoms with Crippen LogP contribution in [0.1, 0.15) is 24.0 Å². The van der Waals surface area contributed by atoms with Gasteiger partial charge in [-0.25, -0.2) is 0 Å². The molecule has 1 atom stereocenters. The van der Waals surface area contributed by atoms with Gasteiger partial charge >= 0.3 is 6.18 Å². The molecule has 1 aromatic carbocycles. The van der Waals surface area contributed by atoms with Crippen LogP contribution in [0.15, 0.2) is 30.3 Å². The maximum Gasteiger partial charge on any atom is 0.416 e. The van der Waals surface area contributed by atoms with Gasteiger partial charge in [0.05, 0.1) is 11.4 Å². The predicted molar refractivity (Wildman–Crippen MR) is 94.3 cm³/mol. The highest BCUT2D eigenvalue weighted by atomic mass is 32.2. The van der Waals surface area contributed by atoms with E-state index in [4.69, 9.17) is 0 Å². The third-order valence-electron chi connectivity index (χ3n) is 4.52. The van der Waals surface area contributed by atoms with E-state index in [9.17, 15) is 22.8 Å². The monoisotopic (exact) mass is 384 g/mol. The highest BCUT2D eigenvalue weighted by Crippen LogP contribution is 2.29. The Kier molecular flexibility index (Phi) is 5.60. The summed E-state index contributed by atoms with van der Waals surface area (Å²) in [6.45, 7) is 1.48. The van der Waals surface area contributed by atoms with Crippen molar-refractivity contribution in [1.29, 1.82) is 0 Å². The summed E-state index contributed by atoms with van der Waals surface area (Å²) in [4.78, 5) is 28.3. The summed E-state index contributed by atoms with van der Waals surface area (Å²) < 4.78 is 37.7. The average molecular weight is 384 g/mol. The molecule has 1 aromatic rings. The smallest absolute Gasteiger partial charge is 0.341 e. The molecular weight excluding hydrogens is 365 g/mol. The molecular formula is C18H19F3N2O2S. The second kappa shape index (κ2) is 7.73. The van der Waals surface area contributed by atoms with E-state index in [2.05, 4.69) is 0 Å². The zero-order chi connectivity index (χ0) is 18.7. The summed E-state index contributed by atoms with van der Waals surface area (Å²) in [6.07, 6.45) is 0.399. The van der Waals surface area contributed by atoms with Crippen LogP contribution in [-0.2, 0) is 15.8 Å². The molecule has 0 saturated carbocycles. The molecule has 0 bridgehead atoms. The number of thioether (sulfide) groups is 1. The Bertz CT molecular complexity index is 697. The van der Waals surface area contributed by atoms with Gasteiger partial charge in [-0.15, -0.1) is 11.8 Å². The second-order valence-electron chi connectivity index (χ2n) is 6.31. The fourth-order valence-electron chi connectivity index (χ4n) is 3.06. The summed E-state index contributed by atoms with van der Waals surface area (Å²) in [5, 5.41) is 0. The van der Waals surface area contributed by atoms with E-state index in [1.54, 1.807) is 4.90 Å². The number of alkyl halides is 3. The lowest BCUT2D eigenvalue weighted by Gasteiger charge is -2.26. The number of nitrogens with zero attached hydrogens (tertiary/aromatic N) is 2. The largest absolute Gasteiger partial charge is 0.416 e. The third-order valence-corrected chi connectivity index (χ3v) is 5.54. The molecule has 2 saturated heterocycles. The molecule has 0 N–H and O–H groups in total. The number of rotatable bonds is 3. The number of carbonyl (C=O) groups is 2. The number of hydrogen-bond acceptors (Lipinski definition) is 3. The van der Waals surface area contributed by atoms with Crippen molar-refractivity contribution in [2.24, 2.45) is 0 Å². The van der Waals surface area contributed by atoms with E-state index in [0.29, 0.717) is 17.2 Å². The summed E-state index contributed by atoms with van der Waals surface area (Å²) in [5.74, 6) is 0.714. The fraction of sp³-hybridized carbons (Fsp3) is 0.444. The van der Waals surface area contributed by atoms with Gasteiger partial charge in [-0.3, -0.25) is 9.59 Å². The Balaban J connectivity index is 1.64. The summed E-state index contributed by atoms with van der Waals surface area (Å²) in [6, 6.07) is 4.14. The van der Waals surface area contributed by atoms with E-state index in [-0.39, 0.29) is 11.8 Å². The van der Waals surface area contributed by atoms with Crippen LogP contribution in [0.5, 0.6) is 0 Å². The molecule has 2 amide bonds. The zero-order valence-electron chi connectivity index (χ0n) is 14.0. The highest BCUT2D eigenvalue weighted by Gasteiger charge is 2.37. The van der Waals surface area contributed by atoms with Crippen LogP contribution in [0.3, 0.4) is 0 Å². The van der Waals surface area contributed by atoms with Gasteiger partial charge in [-0.05, 0) is 36.6 Å². The van der Waals surface area contributed by atoms with E-state index >= 15 is 0 Å². The minimum atomic E-state index is -4.38. The van der Waals surface area contributed by atoms with E-state index < -0.39 is 17.8 Å². The van der Waals surface area contributed by atoms with Crippen LogP contribution in [0.25, 0.3) is 6.08 Å². The molecule has 140 valence electrons. The minimum Gasteiger partial charge on any atom is -0.341 e. The van der Waals surface area contributed by atoms with Gasteiger partial charge in [0, 0.05) is 24.9 Å². The van der Waals surface area contributed by atoms with Crippen LogP contribution in [0, 0.1) is 0 Å². The first-order chi connectivity index (χ1) is 12.4. The number of likely N-dealkylation sites (tertiary alicyclic amines) is 1. The van der Waals surface area contributed by atoms with E-state index in [0.717, 1.165) is 38.1 Å². The van der Waals surface area contributed by atoms with Gasteiger partial charge in [0.15, 0.2) is 0 Å². The molecule has 0 aliphatic carbocycles. The first kappa shape index (κ1) is 18.8. The van der Waals surface area contributed by atoms with Gasteiger partial charge in [-0.2, -0.15) is 13.2 Å². The molecule has 0 aromatic heterocycles. The number of carbonyl (C=O) groups excluding carboxylic acids is 2. The summed E-state index contributed by atoms with van der Waals surface area (Å²) in [5.41, 5.74) is -0.228. The second-order valence-corrected chi connectivity index (χ2v) is 7.31. The molecule has 3 rings (SSSR count). The van der Waals surface area contributed by atoms with Crippen LogP contribution in [0.4, 0.5) is 13.2 Å². The van der Waals surface area contributed by atoms with Gasteiger partial charge in [0.1, 0.15) is 6.04 Å². The van der Waals surface area contributed by atoms with Crippen molar-refractivity contribution >= 4 is 29.7 Å². The Morgan fingerprint density at radius 3 is 2.38 bits per heavy atom. The molecule has 0 radical (unpaired) electrons. The van der Waals surface area contributed by atoms with Crippen molar-refractivity contribution in [3.05, 3.63) is 41.5 Å². The molecule has 2 heterocycles. The van der Waals surface area contributed by atoms with Crippen LogP contribution >= 0.6 is 11.8 Å². The maximum atomic E-state index is 12.6. The standard InChI is InChI=1S/C18H19F3N2O2S/c19-18(20,21)14-6-3-13(4-7-14)5-8-16(24)23-12-26-11-15(23)17(25)22-9-1-2-10-22/h3-8,15H,1-2,9-12H2/b8-5+. The highest BCUT2D eigenvalue weighted by molar-refractivity contribution is 7.99. The Morgan fingerprint density at radius 2 is 1.77 bits per heavy atom. The number of benzene rings is 1. The van der Waals surface area contributed by atoms with Crippen molar-refractivity contribution in [3.8, 4) is 0 Å². The third kappa shape index (κ3) is 4.23. The molecule has 0 spiro atoms. The molecule has 1 unspecified atom stereocenters. The molecule has 26 heavy (non-hydrogen) atoms. The Morgan fingerprint density at radius 1 is 1.12 bits per heavy atom. The maximum absolute atomic E-state index is 12.6. The summed E-state index contributed by atoms with van der Waals surface area (Å²) in [7, 11) is 0. The quantitative estimate of drug-likeness (QED) is 0.752. The first-order valence-corrected chi connectivity index (χ1v) is 9.54. The van der Waals surface area contributed by atoms with Gasteiger partial charge < -0.3 is 9.80 Å². The Hall–Kier alpha value is -1.96. The van der Waals surface area contributed by atoms with Crippen molar-refractivity contribution in [3.63, 3.8) is 0 Å². The topological polar surface area (TPSA) is 40.6 Å². The Labute approximate surface area is 154 Å². The van der Waals surface area contributed by atoms with Gasteiger partial charge in [-0.1, -0.05) is 12.1 Å². The number of amides is 2. The zero-order valence-corrected chi connectivity index (χ0v) is 14.9. The van der Waals surface area contributed by atoms with Crippen LogP contribution in [0.2, 0.25) is 0 Å². The lowest BCUT2D eigenvalue weighted by Crippen LogP contribution is -2.47. The van der Waals surface area contributed by atoms with Crippen molar-refractivity contribution < 1.29 is 22.8 Å². The van der Waals surface area contributed by atoms with Crippen LogP contribution < -0.4 is 0 Å². The average Bonchev–Trinajstić information content (AvgIpc) is 3.30. The molecule has 2 aliphatic rings. The van der Waals surface area contributed by atoms with Crippen molar-refractivity contribution in [2.45, 2.75) is 25.1 Å². The SMILES string of the molecule is O=C(C1CSCN1C(=O)/C=C/c1ccc(C(F)(F)F)cc1)N1CCCC1. The van der Waals surface area contributed by atoms with E-state index in [1.807, 2.05) is 0 Å². The van der Waals surface area contributed by atoms with Crippen molar-refractivity contribution in [2.75, 3.05) is 24.7 Å². The van der Waals surface area contributed by atoms with E-state index in [1.165, 1.54) is 40.9 Å². The molecule has 2 aliphatic heterocycles. The fourth-order valence-corrected chi connectivity index (χ4v) is 4.21.